The number of aryl methyl sites for hydroxylation is 3. The molecule has 128 valence electrons. The molecule has 0 atom stereocenters. The van der Waals surface area contributed by atoms with Crippen LogP contribution in [-0.4, -0.2) is 20.3 Å². The Hall–Kier alpha value is -2.52. The molecule has 1 aromatic carbocycles. The number of imidazole rings is 1. The summed E-state index contributed by atoms with van der Waals surface area (Å²) in [6.07, 6.45) is 1.68. The molecule has 25 heavy (non-hydrogen) atoms. The summed E-state index contributed by atoms with van der Waals surface area (Å²) in [5, 5.41) is 10.1. The van der Waals surface area contributed by atoms with Crippen molar-refractivity contribution in [2.75, 3.05) is 5.75 Å². The van der Waals surface area contributed by atoms with Gasteiger partial charge in [-0.05, 0) is 43.5 Å². The van der Waals surface area contributed by atoms with Crippen LogP contribution in [0.1, 0.15) is 30.2 Å². The Kier molecular flexibility index (Phi) is 5.25. The number of para-hydroxylation sites is 2. The van der Waals surface area contributed by atoms with Crippen LogP contribution in [0.25, 0.3) is 11.0 Å². The van der Waals surface area contributed by atoms with E-state index in [0.717, 1.165) is 45.9 Å². The number of nitriles is 1. The van der Waals surface area contributed by atoms with Gasteiger partial charge >= 0.3 is 5.69 Å². The molecule has 0 spiro atoms. The summed E-state index contributed by atoms with van der Waals surface area (Å²) in [5.74, 6) is 0.805. The van der Waals surface area contributed by atoms with Gasteiger partial charge in [0, 0.05) is 18.0 Å². The maximum Gasteiger partial charge on any atom is 0.326 e. The minimum absolute atomic E-state index is 0.0781. The highest BCUT2D eigenvalue weighted by Gasteiger charge is 2.10. The highest BCUT2D eigenvalue weighted by Crippen LogP contribution is 2.24. The van der Waals surface area contributed by atoms with Crippen molar-refractivity contribution in [1.29, 1.82) is 5.26 Å². The fraction of sp³-hybridized carbons (Fsp3) is 0.316. The highest BCUT2D eigenvalue weighted by molar-refractivity contribution is 7.99. The van der Waals surface area contributed by atoms with Crippen LogP contribution in [0, 0.1) is 18.3 Å². The number of pyridine rings is 1. The van der Waals surface area contributed by atoms with E-state index in [9.17, 15) is 10.1 Å². The molecule has 0 bridgehead atoms. The highest BCUT2D eigenvalue weighted by atomic mass is 32.2. The fourth-order valence-electron chi connectivity index (χ4n) is 2.90. The first-order valence-electron chi connectivity index (χ1n) is 8.35. The van der Waals surface area contributed by atoms with E-state index in [0.29, 0.717) is 12.1 Å². The second kappa shape index (κ2) is 7.58. The van der Waals surface area contributed by atoms with Gasteiger partial charge in [-0.1, -0.05) is 19.1 Å². The third kappa shape index (κ3) is 3.62. The average Bonchev–Trinajstić information content (AvgIpc) is 2.94. The Morgan fingerprint density at radius 2 is 2.16 bits per heavy atom. The van der Waals surface area contributed by atoms with Crippen molar-refractivity contribution in [3.8, 4) is 6.07 Å². The van der Waals surface area contributed by atoms with Crippen LogP contribution >= 0.6 is 11.8 Å². The zero-order valence-corrected chi connectivity index (χ0v) is 15.2. The lowest BCUT2D eigenvalue weighted by Gasteiger charge is -2.08. The summed E-state index contributed by atoms with van der Waals surface area (Å²) in [4.78, 5) is 19.6. The maximum atomic E-state index is 12.1. The second-order valence-corrected chi connectivity index (χ2v) is 6.95. The van der Waals surface area contributed by atoms with Gasteiger partial charge in [-0.25, -0.2) is 9.78 Å². The van der Waals surface area contributed by atoms with E-state index in [1.807, 2.05) is 37.3 Å². The molecule has 6 heteroatoms. The summed E-state index contributed by atoms with van der Waals surface area (Å²) in [6, 6.07) is 11.8. The van der Waals surface area contributed by atoms with E-state index in [4.69, 9.17) is 0 Å². The Morgan fingerprint density at radius 1 is 1.36 bits per heavy atom. The molecule has 5 nitrogen and oxygen atoms in total. The molecular weight excluding hydrogens is 332 g/mol. The number of aromatic nitrogens is 3. The Bertz CT molecular complexity index is 997. The number of fused-ring (bicyclic) bond motifs is 1. The first-order chi connectivity index (χ1) is 12.1. The van der Waals surface area contributed by atoms with Crippen LogP contribution < -0.4 is 5.69 Å². The zero-order valence-electron chi connectivity index (χ0n) is 14.4. The molecular formula is C19H20N4OS. The van der Waals surface area contributed by atoms with E-state index in [2.05, 4.69) is 23.0 Å². The lowest BCUT2D eigenvalue weighted by atomic mass is 10.1. The van der Waals surface area contributed by atoms with Crippen molar-refractivity contribution in [2.24, 2.45) is 0 Å². The molecule has 0 unspecified atom stereocenters. The summed E-state index contributed by atoms with van der Waals surface area (Å²) in [5.41, 5.74) is 4.44. The van der Waals surface area contributed by atoms with Gasteiger partial charge < -0.3 is 4.98 Å². The van der Waals surface area contributed by atoms with Crippen molar-refractivity contribution < 1.29 is 0 Å². The fourth-order valence-corrected chi connectivity index (χ4v) is 3.80. The number of H-pyrrole nitrogens is 1. The predicted molar refractivity (Wildman–Crippen MR) is 101 cm³/mol. The normalized spacial score (nSPS) is 10.9. The summed E-state index contributed by atoms with van der Waals surface area (Å²) >= 11 is 1.58. The number of benzene rings is 1. The smallest absolute Gasteiger partial charge is 0.306 e. The van der Waals surface area contributed by atoms with Gasteiger partial charge in [0.15, 0.2) is 0 Å². The maximum absolute atomic E-state index is 12.1. The first-order valence-corrected chi connectivity index (χ1v) is 9.33. The molecule has 0 saturated carbocycles. The van der Waals surface area contributed by atoms with E-state index >= 15 is 0 Å². The lowest BCUT2D eigenvalue weighted by molar-refractivity contribution is 0.679. The minimum Gasteiger partial charge on any atom is -0.306 e. The number of aromatic amines is 1. The predicted octanol–water partition coefficient (Wildman–Crippen LogP) is 3.65. The van der Waals surface area contributed by atoms with Crippen LogP contribution in [0.15, 0.2) is 40.2 Å². The van der Waals surface area contributed by atoms with Crippen molar-refractivity contribution in [1.82, 2.24) is 14.5 Å². The minimum atomic E-state index is -0.0781. The van der Waals surface area contributed by atoms with E-state index in [-0.39, 0.29) is 5.69 Å². The van der Waals surface area contributed by atoms with Crippen molar-refractivity contribution in [3.05, 3.63) is 57.6 Å². The van der Waals surface area contributed by atoms with Crippen LogP contribution in [0.2, 0.25) is 0 Å². The number of rotatable bonds is 6. The van der Waals surface area contributed by atoms with Crippen molar-refractivity contribution in [3.63, 3.8) is 0 Å². The first kappa shape index (κ1) is 17.3. The van der Waals surface area contributed by atoms with Crippen molar-refractivity contribution in [2.45, 2.75) is 38.3 Å². The standard InChI is InChI=1S/C19H20N4OS/c1-3-15-13(2)11-14(12-20)18(21-15)25-10-6-9-23-17-8-5-4-7-16(17)22-19(23)24/h4-5,7-8,11H,3,6,9-10H2,1-2H3,(H,22,24). The number of nitrogens with one attached hydrogen (secondary N) is 1. The average molecular weight is 352 g/mol. The van der Waals surface area contributed by atoms with Crippen LogP contribution in [0.5, 0.6) is 0 Å². The van der Waals surface area contributed by atoms with Gasteiger partial charge in [0.25, 0.3) is 0 Å². The second-order valence-electron chi connectivity index (χ2n) is 5.87. The molecule has 3 rings (SSSR count). The number of nitrogens with zero attached hydrogens (tertiary/aromatic N) is 3. The molecule has 2 aromatic heterocycles. The molecule has 0 aliphatic rings. The van der Waals surface area contributed by atoms with E-state index in [1.165, 1.54) is 0 Å². The number of hydrogen-bond donors (Lipinski definition) is 1. The number of thioether (sulfide) groups is 1. The summed E-state index contributed by atoms with van der Waals surface area (Å²) in [7, 11) is 0. The molecule has 1 N–H and O–H groups in total. The molecule has 0 amide bonds. The van der Waals surface area contributed by atoms with Gasteiger partial charge in [0.1, 0.15) is 11.1 Å². The molecule has 0 saturated heterocycles. The molecule has 0 fully saturated rings. The van der Waals surface area contributed by atoms with Gasteiger partial charge in [0.2, 0.25) is 0 Å². The molecule has 2 heterocycles. The van der Waals surface area contributed by atoms with Crippen molar-refractivity contribution >= 4 is 22.8 Å². The zero-order chi connectivity index (χ0) is 17.8. The Morgan fingerprint density at radius 3 is 2.92 bits per heavy atom. The van der Waals surface area contributed by atoms with Gasteiger partial charge in [-0.3, -0.25) is 4.57 Å². The van der Waals surface area contributed by atoms with Gasteiger partial charge in [0.05, 0.1) is 16.6 Å². The van der Waals surface area contributed by atoms with Crippen LogP contribution in [0.3, 0.4) is 0 Å². The van der Waals surface area contributed by atoms with Crippen LogP contribution in [-0.2, 0) is 13.0 Å². The third-order valence-electron chi connectivity index (χ3n) is 4.18. The topological polar surface area (TPSA) is 74.5 Å². The van der Waals surface area contributed by atoms with E-state index < -0.39 is 0 Å². The monoisotopic (exact) mass is 352 g/mol. The Balaban J connectivity index is 1.68. The molecule has 0 aliphatic heterocycles. The number of hydrogen-bond acceptors (Lipinski definition) is 4. The lowest BCUT2D eigenvalue weighted by Crippen LogP contribution is -2.17. The van der Waals surface area contributed by atoms with Gasteiger partial charge in [-0.2, -0.15) is 5.26 Å². The SMILES string of the molecule is CCc1nc(SCCCn2c(=O)[nH]c3ccccc32)c(C#N)cc1C. The molecule has 0 radical (unpaired) electrons. The van der Waals surface area contributed by atoms with Gasteiger partial charge in [-0.15, -0.1) is 11.8 Å². The largest absolute Gasteiger partial charge is 0.326 e. The third-order valence-corrected chi connectivity index (χ3v) is 5.26. The molecule has 0 aliphatic carbocycles. The summed E-state index contributed by atoms with van der Waals surface area (Å²) in [6.45, 7) is 4.70. The van der Waals surface area contributed by atoms with Crippen LogP contribution in [0.4, 0.5) is 0 Å². The summed E-state index contributed by atoms with van der Waals surface area (Å²) < 4.78 is 1.77. The molecule has 3 aromatic rings. The van der Waals surface area contributed by atoms with E-state index in [1.54, 1.807) is 16.3 Å². The quantitative estimate of drug-likeness (QED) is 0.543. The Labute approximate surface area is 150 Å².